The van der Waals surface area contributed by atoms with E-state index < -0.39 is 0 Å². The van der Waals surface area contributed by atoms with Gasteiger partial charge in [-0.15, -0.1) is 0 Å². The summed E-state index contributed by atoms with van der Waals surface area (Å²) in [5, 5.41) is 5.52. The van der Waals surface area contributed by atoms with Crippen LogP contribution in [0.15, 0.2) is 60.7 Å². The van der Waals surface area contributed by atoms with Crippen LogP contribution in [0, 0.1) is 0 Å². The lowest BCUT2D eigenvalue weighted by Gasteiger charge is -2.12. The Morgan fingerprint density at radius 1 is 0.844 bits per heavy atom. The van der Waals surface area contributed by atoms with E-state index in [2.05, 4.69) is 22.8 Å². The lowest BCUT2D eigenvalue weighted by molar-refractivity contribution is -0.115. The minimum atomic E-state index is -0.353. The summed E-state index contributed by atoms with van der Waals surface area (Å²) in [7, 11) is 0. The summed E-state index contributed by atoms with van der Waals surface area (Å²) in [6.45, 7) is 4.58. The number of benzene rings is 3. The molecule has 0 fully saturated rings. The third kappa shape index (κ3) is 4.59. The van der Waals surface area contributed by atoms with Gasteiger partial charge in [-0.2, -0.15) is 0 Å². The van der Waals surface area contributed by atoms with E-state index >= 15 is 0 Å². The molecule has 3 aromatic carbocycles. The van der Waals surface area contributed by atoms with Gasteiger partial charge in [0.1, 0.15) is 0 Å². The summed E-state index contributed by atoms with van der Waals surface area (Å²) in [6.07, 6.45) is 0.853. The Labute approximate surface area is 187 Å². The van der Waals surface area contributed by atoms with Crippen molar-refractivity contribution in [3.05, 3.63) is 77.4 Å². The normalized spacial score (nSPS) is 11.3. The molecule has 6 nitrogen and oxygen atoms in total. The topological polar surface area (TPSA) is 76.7 Å². The number of hydrogen-bond donors (Lipinski definition) is 2. The summed E-state index contributed by atoms with van der Waals surface area (Å²) < 4.78 is 11.1. The molecule has 0 spiro atoms. The van der Waals surface area contributed by atoms with Gasteiger partial charge in [0.15, 0.2) is 11.5 Å². The Bertz CT molecular complexity index is 1160. The average molecular weight is 431 g/mol. The van der Waals surface area contributed by atoms with Crippen molar-refractivity contribution in [2.45, 2.75) is 20.3 Å². The first-order chi connectivity index (χ1) is 15.6. The summed E-state index contributed by atoms with van der Waals surface area (Å²) in [6, 6.07) is 19.2. The first-order valence-electron chi connectivity index (χ1n) is 10.8. The molecule has 1 aliphatic rings. The number of carbonyl (C=O) groups is 2. The van der Waals surface area contributed by atoms with Gasteiger partial charge >= 0.3 is 0 Å². The first-order valence-corrected chi connectivity index (χ1v) is 10.8. The van der Waals surface area contributed by atoms with Gasteiger partial charge in [0.05, 0.1) is 19.8 Å². The molecule has 2 N–H and O–H groups in total. The molecule has 0 unspecified atom stereocenters. The van der Waals surface area contributed by atoms with Gasteiger partial charge in [-0.1, -0.05) is 30.3 Å². The smallest absolute Gasteiger partial charge is 0.251 e. The van der Waals surface area contributed by atoms with Crippen LogP contribution in [-0.4, -0.2) is 31.6 Å². The van der Waals surface area contributed by atoms with E-state index in [1.54, 1.807) is 18.2 Å². The van der Waals surface area contributed by atoms with E-state index in [4.69, 9.17) is 9.47 Å². The van der Waals surface area contributed by atoms with Crippen molar-refractivity contribution in [3.8, 4) is 22.6 Å². The van der Waals surface area contributed by atoms with Gasteiger partial charge in [-0.05, 0) is 72.9 Å². The van der Waals surface area contributed by atoms with Crippen LogP contribution in [-0.2, 0) is 11.2 Å². The molecule has 6 heteroatoms. The van der Waals surface area contributed by atoms with Crippen molar-refractivity contribution >= 4 is 17.5 Å². The molecule has 0 saturated carbocycles. The standard InChI is InChI=1S/C26H26N2O4/c1-3-31-23-12-9-18(15-24(23)32-4-2)26(30)27-16-25(29)28-20-10-11-22-19(14-20)13-17-7-5-6-8-21(17)22/h5-12,14-15H,3-4,13,16H2,1-2H3,(H,27,30)(H,28,29). The Morgan fingerprint density at radius 3 is 2.41 bits per heavy atom. The zero-order valence-electron chi connectivity index (χ0n) is 18.2. The first kappa shape index (κ1) is 21.4. The highest BCUT2D eigenvalue weighted by Crippen LogP contribution is 2.37. The fraction of sp³-hybridized carbons (Fsp3) is 0.231. The van der Waals surface area contributed by atoms with Crippen molar-refractivity contribution in [1.29, 1.82) is 0 Å². The van der Waals surface area contributed by atoms with E-state index in [-0.39, 0.29) is 18.4 Å². The Balaban J connectivity index is 1.36. The van der Waals surface area contributed by atoms with Crippen LogP contribution in [0.25, 0.3) is 11.1 Å². The number of amides is 2. The average Bonchev–Trinajstić information content (AvgIpc) is 3.16. The largest absolute Gasteiger partial charge is 0.490 e. The quantitative estimate of drug-likeness (QED) is 0.434. The predicted octanol–water partition coefficient (Wildman–Crippen LogP) is 4.42. The molecule has 0 saturated heterocycles. The molecule has 0 aromatic heterocycles. The molecular formula is C26H26N2O4. The summed E-state index contributed by atoms with van der Waals surface area (Å²) in [4.78, 5) is 24.9. The van der Waals surface area contributed by atoms with Crippen LogP contribution in [0.2, 0.25) is 0 Å². The van der Waals surface area contributed by atoms with E-state index in [9.17, 15) is 9.59 Å². The molecule has 4 rings (SSSR count). The molecule has 2 amide bonds. The second-order valence-corrected chi connectivity index (χ2v) is 7.46. The Kier molecular flexibility index (Phi) is 6.40. The number of ether oxygens (including phenoxy) is 2. The molecule has 32 heavy (non-hydrogen) atoms. The van der Waals surface area contributed by atoms with Crippen LogP contribution >= 0.6 is 0 Å². The maximum atomic E-state index is 12.5. The minimum absolute atomic E-state index is 0.132. The number of anilines is 1. The zero-order valence-corrected chi connectivity index (χ0v) is 18.2. The number of hydrogen-bond acceptors (Lipinski definition) is 4. The fourth-order valence-corrected chi connectivity index (χ4v) is 3.88. The van der Waals surface area contributed by atoms with Gasteiger partial charge in [0, 0.05) is 11.3 Å². The Morgan fingerprint density at radius 2 is 1.59 bits per heavy atom. The SMILES string of the molecule is CCOc1ccc(C(=O)NCC(=O)Nc2ccc3c(c2)Cc2ccccc2-3)cc1OCC. The van der Waals surface area contributed by atoms with Crippen LogP contribution in [0.3, 0.4) is 0 Å². The highest BCUT2D eigenvalue weighted by atomic mass is 16.5. The summed E-state index contributed by atoms with van der Waals surface area (Å²) in [5.74, 6) is 0.450. The Hall–Kier alpha value is -3.80. The highest BCUT2D eigenvalue weighted by Gasteiger charge is 2.18. The summed E-state index contributed by atoms with van der Waals surface area (Å²) in [5.41, 5.74) is 6.04. The molecule has 0 heterocycles. The molecule has 0 bridgehead atoms. The number of carbonyl (C=O) groups excluding carboxylic acids is 2. The van der Waals surface area contributed by atoms with Crippen LogP contribution in [0.4, 0.5) is 5.69 Å². The van der Waals surface area contributed by atoms with Crippen molar-refractivity contribution < 1.29 is 19.1 Å². The van der Waals surface area contributed by atoms with Gasteiger partial charge in [0.25, 0.3) is 5.91 Å². The number of nitrogens with one attached hydrogen (secondary N) is 2. The molecule has 164 valence electrons. The second kappa shape index (κ2) is 9.56. The van der Waals surface area contributed by atoms with Gasteiger partial charge in [0.2, 0.25) is 5.91 Å². The van der Waals surface area contributed by atoms with Crippen LogP contribution in [0.1, 0.15) is 35.3 Å². The molecule has 1 aliphatic carbocycles. The maximum Gasteiger partial charge on any atom is 0.251 e. The number of rotatable bonds is 8. The molecular weight excluding hydrogens is 404 g/mol. The van der Waals surface area contributed by atoms with E-state index in [1.807, 2.05) is 44.2 Å². The molecule has 0 aliphatic heterocycles. The maximum absolute atomic E-state index is 12.5. The molecule has 0 radical (unpaired) electrons. The van der Waals surface area contributed by atoms with Crippen molar-refractivity contribution in [1.82, 2.24) is 5.32 Å². The molecule has 0 atom stereocenters. The van der Waals surface area contributed by atoms with Gasteiger partial charge in [-0.25, -0.2) is 0 Å². The van der Waals surface area contributed by atoms with E-state index in [0.29, 0.717) is 30.3 Å². The van der Waals surface area contributed by atoms with Crippen LogP contribution < -0.4 is 20.1 Å². The lowest BCUT2D eigenvalue weighted by atomic mass is 10.1. The highest BCUT2D eigenvalue weighted by molar-refractivity contribution is 6.00. The van der Waals surface area contributed by atoms with Crippen molar-refractivity contribution in [2.75, 3.05) is 25.1 Å². The van der Waals surface area contributed by atoms with E-state index in [1.165, 1.54) is 22.3 Å². The monoisotopic (exact) mass is 430 g/mol. The fourth-order valence-electron chi connectivity index (χ4n) is 3.88. The number of fused-ring (bicyclic) bond motifs is 3. The second-order valence-electron chi connectivity index (χ2n) is 7.46. The van der Waals surface area contributed by atoms with Gasteiger partial charge < -0.3 is 20.1 Å². The van der Waals surface area contributed by atoms with Crippen molar-refractivity contribution in [3.63, 3.8) is 0 Å². The molecule has 3 aromatic rings. The third-order valence-electron chi connectivity index (χ3n) is 5.29. The predicted molar refractivity (Wildman–Crippen MR) is 124 cm³/mol. The van der Waals surface area contributed by atoms with E-state index in [0.717, 1.165) is 12.1 Å². The summed E-state index contributed by atoms with van der Waals surface area (Å²) >= 11 is 0. The zero-order chi connectivity index (χ0) is 22.5. The van der Waals surface area contributed by atoms with Gasteiger partial charge in [-0.3, -0.25) is 9.59 Å². The van der Waals surface area contributed by atoms with Crippen LogP contribution in [0.5, 0.6) is 11.5 Å². The third-order valence-corrected chi connectivity index (χ3v) is 5.29. The lowest BCUT2D eigenvalue weighted by Crippen LogP contribution is -2.32. The minimum Gasteiger partial charge on any atom is -0.490 e. The van der Waals surface area contributed by atoms with Crippen molar-refractivity contribution in [2.24, 2.45) is 0 Å².